The Labute approximate surface area is 206 Å². The highest BCUT2D eigenvalue weighted by molar-refractivity contribution is 7.86. The molecule has 4 aromatic rings. The Morgan fingerprint density at radius 1 is 0.971 bits per heavy atom. The fourth-order valence-corrected chi connectivity index (χ4v) is 5.55. The van der Waals surface area contributed by atoms with Crippen LogP contribution in [0.4, 0.5) is 5.69 Å². The van der Waals surface area contributed by atoms with Crippen LogP contribution in [0.15, 0.2) is 84.0 Å². The molecule has 2 aromatic heterocycles. The molecule has 3 heterocycles. The molecule has 1 unspecified atom stereocenters. The first-order chi connectivity index (χ1) is 16.9. The maximum Gasteiger partial charge on any atom is 0.253 e. The van der Waals surface area contributed by atoms with E-state index in [1.54, 1.807) is 47.6 Å². The van der Waals surface area contributed by atoms with Crippen molar-refractivity contribution in [1.82, 2.24) is 14.9 Å². The van der Waals surface area contributed by atoms with E-state index in [2.05, 4.69) is 14.7 Å². The van der Waals surface area contributed by atoms with Gasteiger partial charge in [0.1, 0.15) is 5.60 Å². The number of para-hydroxylation sites is 1. The maximum atomic E-state index is 13.1. The largest absolute Gasteiger partial charge is 0.383 e. The van der Waals surface area contributed by atoms with E-state index in [-0.39, 0.29) is 5.91 Å². The second-order valence-corrected chi connectivity index (χ2v) is 9.95. The third-order valence-corrected chi connectivity index (χ3v) is 7.62. The van der Waals surface area contributed by atoms with Crippen LogP contribution in [0.3, 0.4) is 0 Å². The number of aliphatic hydroxyl groups is 1. The first-order valence-electron chi connectivity index (χ1n) is 11.5. The van der Waals surface area contributed by atoms with Gasteiger partial charge in [-0.05, 0) is 67.8 Å². The van der Waals surface area contributed by atoms with Crippen LogP contribution < -0.4 is 4.72 Å². The van der Waals surface area contributed by atoms with Crippen molar-refractivity contribution in [2.75, 3.05) is 17.8 Å². The summed E-state index contributed by atoms with van der Waals surface area (Å²) in [6.07, 6.45) is 4.25. The molecule has 8 heteroatoms. The van der Waals surface area contributed by atoms with Crippen LogP contribution in [0.2, 0.25) is 0 Å². The van der Waals surface area contributed by atoms with Crippen LogP contribution >= 0.6 is 0 Å². The van der Waals surface area contributed by atoms with Crippen LogP contribution in [0.5, 0.6) is 0 Å². The zero-order chi connectivity index (χ0) is 24.4. The van der Waals surface area contributed by atoms with E-state index in [9.17, 15) is 14.1 Å². The average molecular weight is 487 g/mol. The van der Waals surface area contributed by atoms with Gasteiger partial charge in [-0.15, -0.1) is 0 Å². The van der Waals surface area contributed by atoms with E-state index in [0.717, 1.165) is 10.9 Å². The number of benzene rings is 2. The molecule has 1 fully saturated rings. The molecule has 5 rings (SSSR count). The van der Waals surface area contributed by atoms with Crippen molar-refractivity contribution >= 4 is 33.5 Å². The van der Waals surface area contributed by atoms with E-state index in [0.29, 0.717) is 53.3 Å². The third-order valence-electron chi connectivity index (χ3n) is 6.47. The Hall–Kier alpha value is -3.62. The average Bonchev–Trinajstić information content (AvgIpc) is 2.89. The first kappa shape index (κ1) is 23.1. The van der Waals surface area contributed by atoms with Crippen molar-refractivity contribution in [2.24, 2.45) is 0 Å². The highest BCUT2D eigenvalue weighted by atomic mass is 32.2. The second-order valence-electron chi connectivity index (χ2n) is 8.77. The van der Waals surface area contributed by atoms with Crippen molar-refractivity contribution in [3.8, 4) is 0 Å². The van der Waals surface area contributed by atoms with Gasteiger partial charge in [0.05, 0.1) is 16.1 Å². The summed E-state index contributed by atoms with van der Waals surface area (Å²) in [5, 5.41) is 12.1. The van der Waals surface area contributed by atoms with Crippen molar-refractivity contribution in [3.63, 3.8) is 0 Å². The Morgan fingerprint density at radius 3 is 2.40 bits per heavy atom. The van der Waals surface area contributed by atoms with E-state index in [4.69, 9.17) is 0 Å². The Morgan fingerprint density at radius 2 is 1.66 bits per heavy atom. The van der Waals surface area contributed by atoms with Crippen LogP contribution in [0, 0.1) is 6.92 Å². The zero-order valence-corrected chi connectivity index (χ0v) is 20.2. The molecule has 7 nitrogen and oxygen atoms in total. The minimum absolute atomic E-state index is 0.0873. The molecule has 0 aliphatic carbocycles. The summed E-state index contributed by atoms with van der Waals surface area (Å²) in [5.41, 5.74) is 2.51. The number of fused-ring (bicyclic) bond motifs is 1. The number of piperidine rings is 1. The highest BCUT2D eigenvalue weighted by Crippen LogP contribution is 2.33. The van der Waals surface area contributed by atoms with Gasteiger partial charge in [0, 0.05) is 42.1 Å². The molecule has 1 aliphatic rings. The van der Waals surface area contributed by atoms with Crippen LogP contribution in [0.1, 0.15) is 34.5 Å². The number of likely N-dealkylation sites (tertiary alicyclic amines) is 1. The summed E-state index contributed by atoms with van der Waals surface area (Å²) in [5.74, 6) is -0.0873. The molecule has 1 saturated heterocycles. The lowest BCUT2D eigenvalue weighted by Gasteiger charge is -2.38. The third kappa shape index (κ3) is 4.67. The second kappa shape index (κ2) is 9.56. The standard InChI is InChI=1S/C27H26N4O3S/c1-19-5-3-16-29-25(19)27(33)13-17-31(18-14-27)26(32)21-9-11-22(12-10-21)30-35(34)23-8-2-6-20-7-4-15-28-24(20)23/h2-12,15-16,30,33H,13-14,17-18H2,1H3. The number of anilines is 1. The quantitative estimate of drug-likeness (QED) is 0.441. The lowest BCUT2D eigenvalue weighted by Crippen LogP contribution is -2.45. The minimum atomic E-state index is -1.50. The Bertz CT molecular complexity index is 1390. The van der Waals surface area contributed by atoms with Gasteiger partial charge in [-0.3, -0.25) is 14.8 Å². The van der Waals surface area contributed by atoms with Crippen molar-refractivity contribution in [3.05, 3.63) is 95.9 Å². The van der Waals surface area contributed by atoms with Crippen LogP contribution in [0.25, 0.3) is 10.9 Å². The fraction of sp³-hybridized carbons (Fsp3) is 0.222. The summed E-state index contributed by atoms with van der Waals surface area (Å²) in [6, 6.07) is 20.1. The number of hydrogen-bond donors (Lipinski definition) is 2. The van der Waals surface area contributed by atoms with Gasteiger partial charge in [-0.2, -0.15) is 0 Å². The Balaban J connectivity index is 1.24. The minimum Gasteiger partial charge on any atom is -0.383 e. The zero-order valence-electron chi connectivity index (χ0n) is 19.3. The van der Waals surface area contributed by atoms with E-state index in [1.165, 1.54) is 0 Å². The molecule has 1 atom stereocenters. The summed E-state index contributed by atoms with van der Waals surface area (Å²) in [6.45, 7) is 2.84. The van der Waals surface area contributed by atoms with Gasteiger partial charge < -0.3 is 14.7 Å². The number of nitrogens with zero attached hydrogens (tertiary/aromatic N) is 3. The van der Waals surface area contributed by atoms with E-state index < -0.39 is 16.6 Å². The molecule has 0 bridgehead atoms. The molecule has 2 N–H and O–H groups in total. The predicted octanol–water partition coefficient (Wildman–Crippen LogP) is 4.20. The molecule has 1 aliphatic heterocycles. The van der Waals surface area contributed by atoms with Crippen molar-refractivity contribution < 1.29 is 14.1 Å². The van der Waals surface area contributed by atoms with Gasteiger partial charge in [0.15, 0.2) is 11.0 Å². The lowest BCUT2D eigenvalue weighted by molar-refractivity contribution is -0.0248. The lowest BCUT2D eigenvalue weighted by atomic mass is 9.85. The molecule has 2 aromatic carbocycles. The van der Waals surface area contributed by atoms with Gasteiger partial charge in [0.25, 0.3) is 5.91 Å². The predicted molar refractivity (Wildman–Crippen MR) is 136 cm³/mol. The molecule has 35 heavy (non-hydrogen) atoms. The Kier molecular flexibility index (Phi) is 6.32. The number of hydrogen-bond acceptors (Lipinski definition) is 5. The number of nitrogens with one attached hydrogen (secondary N) is 1. The summed E-state index contributed by atoms with van der Waals surface area (Å²) in [4.78, 5) is 24.2. The van der Waals surface area contributed by atoms with Gasteiger partial charge in [-0.25, -0.2) is 4.21 Å². The molecule has 0 radical (unpaired) electrons. The van der Waals surface area contributed by atoms with Gasteiger partial charge >= 0.3 is 0 Å². The number of rotatable bonds is 5. The topological polar surface area (TPSA) is 95.4 Å². The fourth-order valence-electron chi connectivity index (χ4n) is 4.54. The number of aryl methyl sites for hydroxylation is 1. The summed E-state index contributed by atoms with van der Waals surface area (Å²) >= 11 is 0. The van der Waals surface area contributed by atoms with Crippen LogP contribution in [-0.4, -0.2) is 43.2 Å². The van der Waals surface area contributed by atoms with Gasteiger partial charge in [0.2, 0.25) is 0 Å². The number of carbonyl (C=O) groups is 1. The molecular formula is C27H26N4O3S. The monoisotopic (exact) mass is 486 g/mol. The number of amides is 1. The highest BCUT2D eigenvalue weighted by Gasteiger charge is 2.37. The van der Waals surface area contributed by atoms with Gasteiger partial charge in [-0.1, -0.05) is 24.3 Å². The van der Waals surface area contributed by atoms with E-state index >= 15 is 0 Å². The smallest absolute Gasteiger partial charge is 0.253 e. The van der Waals surface area contributed by atoms with Crippen molar-refractivity contribution in [2.45, 2.75) is 30.3 Å². The van der Waals surface area contributed by atoms with E-state index in [1.807, 2.05) is 43.3 Å². The molecule has 1 amide bonds. The maximum absolute atomic E-state index is 13.1. The molecule has 0 saturated carbocycles. The molecule has 0 spiro atoms. The normalized spacial score (nSPS) is 16.1. The number of pyridine rings is 2. The molecule has 178 valence electrons. The first-order valence-corrected chi connectivity index (χ1v) is 12.7. The summed E-state index contributed by atoms with van der Waals surface area (Å²) in [7, 11) is -1.50. The SMILES string of the molecule is Cc1cccnc1C1(O)CCN(C(=O)c2ccc(NS(=O)c3cccc4cccnc34)cc2)CC1. The summed E-state index contributed by atoms with van der Waals surface area (Å²) < 4.78 is 15.9. The molecular weight excluding hydrogens is 460 g/mol. The number of aromatic nitrogens is 2. The number of carbonyl (C=O) groups excluding carboxylic acids is 1. The van der Waals surface area contributed by atoms with Crippen LogP contribution in [-0.2, 0) is 16.6 Å². The van der Waals surface area contributed by atoms with Crippen molar-refractivity contribution in [1.29, 1.82) is 0 Å².